The number of aryl methyl sites for hydroxylation is 1. The van der Waals surface area contributed by atoms with Crippen LogP contribution in [0.5, 0.6) is 0 Å². The molecule has 0 aliphatic carbocycles. The van der Waals surface area contributed by atoms with E-state index >= 15 is 0 Å². The van der Waals surface area contributed by atoms with Gasteiger partial charge >= 0.3 is 0 Å². The first-order valence-corrected chi connectivity index (χ1v) is 3.92. The van der Waals surface area contributed by atoms with Crippen LogP contribution in [0.4, 0.5) is 5.13 Å². The summed E-state index contributed by atoms with van der Waals surface area (Å²) in [6, 6.07) is 0. The van der Waals surface area contributed by atoms with Gasteiger partial charge in [0, 0.05) is 19.5 Å². The molecule has 0 fully saturated rings. The van der Waals surface area contributed by atoms with Gasteiger partial charge in [0.25, 0.3) is 0 Å². The van der Waals surface area contributed by atoms with Gasteiger partial charge < -0.3 is 0 Å². The van der Waals surface area contributed by atoms with E-state index in [0.29, 0.717) is 0 Å². The number of nitrogens with one attached hydrogen (secondary N) is 1. The lowest BCUT2D eigenvalue weighted by atomic mass is 10.6. The number of hydrogen-bond donors (Lipinski definition) is 1. The molecule has 3 nitrogen and oxygen atoms in total. The lowest BCUT2D eigenvalue weighted by molar-refractivity contribution is 0.494. The zero-order valence-electron chi connectivity index (χ0n) is 6.38. The Labute approximate surface area is 64.7 Å². The summed E-state index contributed by atoms with van der Waals surface area (Å²) in [6.07, 6.45) is 0. The highest BCUT2D eigenvalue weighted by atomic mass is 32.1. The van der Waals surface area contributed by atoms with E-state index in [0.717, 1.165) is 10.8 Å². The number of aromatic nitrogens is 1. The summed E-state index contributed by atoms with van der Waals surface area (Å²) in [5.74, 6) is 0. The summed E-state index contributed by atoms with van der Waals surface area (Å²) in [4.78, 5) is 4.22. The average molecular weight is 157 g/mol. The van der Waals surface area contributed by atoms with E-state index in [2.05, 4.69) is 10.4 Å². The number of rotatable bonds is 2. The van der Waals surface area contributed by atoms with Crippen LogP contribution in [-0.2, 0) is 0 Å². The minimum Gasteiger partial charge on any atom is -0.295 e. The molecule has 1 N–H and O–H groups in total. The second-order valence-corrected chi connectivity index (χ2v) is 3.16. The van der Waals surface area contributed by atoms with Gasteiger partial charge in [0.05, 0.1) is 5.69 Å². The standard InChI is InChI=1S/C6H11N3S/c1-5-4-10-6(7-5)8-9(2)3/h4H,1-3H3,(H,7,8). The molecule has 0 radical (unpaired) electrons. The summed E-state index contributed by atoms with van der Waals surface area (Å²) in [7, 11) is 3.88. The van der Waals surface area contributed by atoms with Crippen LogP contribution in [0.1, 0.15) is 5.69 Å². The predicted octanol–water partition coefficient (Wildman–Crippen LogP) is 1.34. The Morgan fingerprint density at radius 2 is 2.30 bits per heavy atom. The molecule has 0 saturated carbocycles. The predicted molar refractivity (Wildman–Crippen MR) is 44.2 cm³/mol. The number of thiazole rings is 1. The van der Waals surface area contributed by atoms with Gasteiger partial charge in [-0.2, -0.15) is 0 Å². The largest absolute Gasteiger partial charge is 0.295 e. The fraction of sp³-hybridized carbons (Fsp3) is 0.500. The lowest BCUT2D eigenvalue weighted by Gasteiger charge is -2.08. The van der Waals surface area contributed by atoms with Crippen LogP contribution >= 0.6 is 11.3 Å². The van der Waals surface area contributed by atoms with Crippen LogP contribution < -0.4 is 5.43 Å². The van der Waals surface area contributed by atoms with Crippen molar-refractivity contribution in [2.24, 2.45) is 0 Å². The summed E-state index contributed by atoms with van der Waals surface area (Å²) in [5.41, 5.74) is 4.13. The Morgan fingerprint density at radius 3 is 2.70 bits per heavy atom. The van der Waals surface area contributed by atoms with E-state index in [1.807, 2.05) is 31.4 Å². The molecule has 0 unspecified atom stereocenters. The van der Waals surface area contributed by atoms with Crippen molar-refractivity contribution in [2.75, 3.05) is 19.5 Å². The van der Waals surface area contributed by atoms with Gasteiger partial charge in [0.2, 0.25) is 0 Å². The highest BCUT2D eigenvalue weighted by molar-refractivity contribution is 7.13. The van der Waals surface area contributed by atoms with Crippen molar-refractivity contribution in [1.29, 1.82) is 0 Å². The van der Waals surface area contributed by atoms with E-state index < -0.39 is 0 Å². The molecule has 0 spiro atoms. The topological polar surface area (TPSA) is 28.2 Å². The molecule has 0 amide bonds. The maximum absolute atomic E-state index is 4.22. The van der Waals surface area contributed by atoms with E-state index in [9.17, 15) is 0 Å². The van der Waals surface area contributed by atoms with Gasteiger partial charge in [0.1, 0.15) is 0 Å². The first-order valence-electron chi connectivity index (χ1n) is 3.04. The van der Waals surface area contributed by atoms with Crippen molar-refractivity contribution in [1.82, 2.24) is 9.99 Å². The monoisotopic (exact) mass is 157 g/mol. The van der Waals surface area contributed by atoms with Crippen molar-refractivity contribution >= 4 is 16.5 Å². The van der Waals surface area contributed by atoms with Gasteiger partial charge in [-0.05, 0) is 6.92 Å². The van der Waals surface area contributed by atoms with Crippen molar-refractivity contribution in [3.8, 4) is 0 Å². The molecule has 0 bridgehead atoms. The maximum Gasteiger partial charge on any atom is 0.197 e. The minimum atomic E-state index is 0.947. The summed E-state index contributed by atoms with van der Waals surface area (Å²) >= 11 is 1.61. The van der Waals surface area contributed by atoms with Crippen molar-refractivity contribution in [3.05, 3.63) is 11.1 Å². The third kappa shape index (κ3) is 1.97. The summed E-state index contributed by atoms with van der Waals surface area (Å²) in [5, 5.41) is 4.84. The van der Waals surface area contributed by atoms with E-state index in [-0.39, 0.29) is 0 Å². The van der Waals surface area contributed by atoms with Gasteiger partial charge in [-0.15, -0.1) is 11.3 Å². The van der Waals surface area contributed by atoms with Crippen LogP contribution in [-0.4, -0.2) is 24.1 Å². The minimum absolute atomic E-state index is 0.947. The van der Waals surface area contributed by atoms with Gasteiger partial charge in [-0.25, -0.2) is 9.99 Å². The summed E-state index contributed by atoms with van der Waals surface area (Å²) in [6.45, 7) is 1.98. The molecule has 0 aliphatic heterocycles. The maximum atomic E-state index is 4.22. The third-order valence-electron chi connectivity index (χ3n) is 0.938. The Bertz CT molecular complexity index is 207. The number of hydrazine groups is 1. The molecule has 1 aromatic rings. The zero-order chi connectivity index (χ0) is 7.56. The molecule has 1 heterocycles. The molecule has 10 heavy (non-hydrogen) atoms. The molecule has 0 aromatic carbocycles. The zero-order valence-corrected chi connectivity index (χ0v) is 7.20. The van der Waals surface area contributed by atoms with Crippen LogP contribution in [0.3, 0.4) is 0 Å². The Kier molecular flexibility index (Phi) is 2.24. The summed E-state index contributed by atoms with van der Waals surface area (Å²) < 4.78 is 0. The SMILES string of the molecule is Cc1csc(NN(C)C)n1. The third-order valence-corrected chi connectivity index (χ3v) is 1.80. The van der Waals surface area contributed by atoms with Crippen LogP contribution in [0.2, 0.25) is 0 Å². The fourth-order valence-corrected chi connectivity index (χ4v) is 1.36. The second kappa shape index (κ2) is 2.98. The Hall–Kier alpha value is -0.610. The van der Waals surface area contributed by atoms with Crippen molar-refractivity contribution in [3.63, 3.8) is 0 Å². The van der Waals surface area contributed by atoms with Gasteiger partial charge in [-0.1, -0.05) is 0 Å². The molecule has 0 aliphatic rings. The van der Waals surface area contributed by atoms with E-state index in [1.165, 1.54) is 0 Å². The molecule has 1 aromatic heterocycles. The number of anilines is 1. The first-order chi connectivity index (χ1) is 4.68. The molecule has 0 saturated heterocycles. The molecular formula is C6H11N3S. The van der Waals surface area contributed by atoms with E-state index in [4.69, 9.17) is 0 Å². The Morgan fingerprint density at radius 1 is 1.60 bits per heavy atom. The molecule has 1 rings (SSSR count). The van der Waals surface area contributed by atoms with Gasteiger partial charge in [0.15, 0.2) is 5.13 Å². The smallest absolute Gasteiger partial charge is 0.197 e. The quantitative estimate of drug-likeness (QED) is 0.657. The molecule has 56 valence electrons. The second-order valence-electron chi connectivity index (χ2n) is 2.30. The van der Waals surface area contributed by atoms with Crippen molar-refractivity contribution < 1.29 is 0 Å². The average Bonchev–Trinajstić information content (AvgIpc) is 2.13. The highest BCUT2D eigenvalue weighted by Crippen LogP contribution is 2.13. The lowest BCUT2D eigenvalue weighted by Crippen LogP contribution is -2.19. The fourth-order valence-electron chi connectivity index (χ4n) is 0.597. The van der Waals surface area contributed by atoms with Gasteiger partial charge in [-0.3, -0.25) is 5.43 Å². The van der Waals surface area contributed by atoms with Crippen LogP contribution in [0, 0.1) is 6.92 Å². The number of hydrogen-bond acceptors (Lipinski definition) is 4. The number of nitrogens with zero attached hydrogens (tertiary/aromatic N) is 2. The van der Waals surface area contributed by atoms with E-state index in [1.54, 1.807) is 11.3 Å². The molecule has 4 heteroatoms. The Balaban J connectivity index is 2.58. The van der Waals surface area contributed by atoms with Crippen LogP contribution in [0.25, 0.3) is 0 Å². The van der Waals surface area contributed by atoms with Crippen LogP contribution in [0.15, 0.2) is 5.38 Å². The molecule has 0 atom stereocenters. The van der Waals surface area contributed by atoms with Crippen molar-refractivity contribution in [2.45, 2.75) is 6.92 Å². The molecular weight excluding hydrogens is 146 g/mol. The normalized spacial score (nSPS) is 10.4. The first kappa shape index (κ1) is 7.50. The highest BCUT2D eigenvalue weighted by Gasteiger charge is 1.96.